The Balaban J connectivity index is 1.56. The summed E-state index contributed by atoms with van der Waals surface area (Å²) >= 11 is 3.93. The SMILES string of the molecule is COC(=O)CCCNC(=O)C12CC3CC(CC(Br)(C3)C1)C2. The summed E-state index contributed by atoms with van der Waals surface area (Å²) in [7, 11) is 1.39. The quantitative estimate of drug-likeness (QED) is 0.467. The summed E-state index contributed by atoms with van der Waals surface area (Å²) in [6.45, 7) is 0.570. The van der Waals surface area contributed by atoms with Crippen molar-refractivity contribution in [3.05, 3.63) is 0 Å². The van der Waals surface area contributed by atoms with E-state index in [2.05, 4.69) is 26.0 Å². The van der Waals surface area contributed by atoms with Gasteiger partial charge >= 0.3 is 5.97 Å². The third kappa shape index (κ3) is 2.99. The third-order valence-corrected chi connectivity index (χ3v) is 6.47. The molecule has 0 heterocycles. The molecular weight excluding hydrogens is 334 g/mol. The van der Waals surface area contributed by atoms with Gasteiger partial charge in [0.05, 0.1) is 12.5 Å². The third-order valence-electron chi connectivity index (χ3n) is 5.54. The number of carbonyl (C=O) groups is 2. The molecule has 2 atom stereocenters. The van der Waals surface area contributed by atoms with E-state index in [1.165, 1.54) is 26.4 Å². The van der Waals surface area contributed by atoms with Gasteiger partial charge in [-0.15, -0.1) is 0 Å². The van der Waals surface area contributed by atoms with Crippen molar-refractivity contribution < 1.29 is 14.3 Å². The van der Waals surface area contributed by atoms with E-state index in [4.69, 9.17) is 0 Å². The molecule has 0 spiro atoms. The molecule has 0 aromatic rings. The van der Waals surface area contributed by atoms with E-state index < -0.39 is 0 Å². The Kier molecular flexibility index (Phi) is 4.06. The van der Waals surface area contributed by atoms with E-state index in [0.29, 0.717) is 31.2 Å². The second kappa shape index (κ2) is 5.56. The second-order valence-electron chi connectivity index (χ2n) is 7.33. The van der Waals surface area contributed by atoms with Crippen LogP contribution in [0.3, 0.4) is 0 Å². The molecule has 21 heavy (non-hydrogen) atoms. The van der Waals surface area contributed by atoms with Gasteiger partial charge in [0.2, 0.25) is 5.91 Å². The van der Waals surface area contributed by atoms with Gasteiger partial charge < -0.3 is 10.1 Å². The molecule has 2 unspecified atom stereocenters. The normalized spacial score (nSPS) is 40.1. The number of methoxy groups -OCH3 is 1. The summed E-state index contributed by atoms with van der Waals surface area (Å²) in [5, 5.41) is 3.07. The molecule has 4 fully saturated rings. The summed E-state index contributed by atoms with van der Waals surface area (Å²) < 4.78 is 4.82. The molecule has 5 heteroatoms. The molecule has 4 rings (SSSR count). The highest BCUT2D eigenvalue weighted by atomic mass is 79.9. The zero-order chi connectivity index (χ0) is 15.1. The van der Waals surface area contributed by atoms with Crippen LogP contribution in [0.15, 0.2) is 0 Å². The summed E-state index contributed by atoms with van der Waals surface area (Å²) in [4.78, 5) is 23.8. The van der Waals surface area contributed by atoms with Crippen LogP contribution in [-0.4, -0.2) is 29.9 Å². The van der Waals surface area contributed by atoms with Crippen molar-refractivity contribution in [2.75, 3.05) is 13.7 Å². The van der Waals surface area contributed by atoms with Gasteiger partial charge in [-0.25, -0.2) is 0 Å². The molecule has 4 aliphatic rings. The number of hydrogen-bond donors (Lipinski definition) is 1. The molecule has 0 saturated heterocycles. The van der Waals surface area contributed by atoms with Crippen LogP contribution in [0.5, 0.6) is 0 Å². The zero-order valence-electron chi connectivity index (χ0n) is 12.6. The number of nitrogens with one attached hydrogen (secondary N) is 1. The van der Waals surface area contributed by atoms with Gasteiger partial charge in [0.1, 0.15) is 0 Å². The first kappa shape index (κ1) is 15.3. The maximum atomic E-state index is 12.7. The number of alkyl halides is 1. The molecule has 118 valence electrons. The van der Waals surface area contributed by atoms with Gasteiger partial charge in [-0.3, -0.25) is 9.59 Å². The number of carbonyl (C=O) groups excluding carboxylic acids is 2. The molecule has 0 aliphatic heterocycles. The van der Waals surface area contributed by atoms with E-state index in [-0.39, 0.29) is 21.6 Å². The molecule has 0 aromatic carbocycles. The fourth-order valence-electron chi connectivity index (χ4n) is 5.14. The highest BCUT2D eigenvalue weighted by Crippen LogP contribution is 2.64. The number of ether oxygens (including phenoxy) is 1. The van der Waals surface area contributed by atoms with Gasteiger partial charge in [0.15, 0.2) is 0 Å². The lowest BCUT2D eigenvalue weighted by molar-refractivity contribution is -0.144. The van der Waals surface area contributed by atoms with Crippen molar-refractivity contribution in [1.29, 1.82) is 0 Å². The Morgan fingerprint density at radius 2 is 1.90 bits per heavy atom. The van der Waals surface area contributed by atoms with Crippen LogP contribution >= 0.6 is 15.9 Å². The minimum absolute atomic E-state index is 0.154. The summed E-state index contributed by atoms with van der Waals surface area (Å²) in [6.07, 6.45) is 7.90. The van der Waals surface area contributed by atoms with E-state index in [9.17, 15) is 9.59 Å². The van der Waals surface area contributed by atoms with Crippen molar-refractivity contribution in [2.45, 2.75) is 55.7 Å². The van der Waals surface area contributed by atoms with Crippen molar-refractivity contribution in [3.63, 3.8) is 0 Å². The van der Waals surface area contributed by atoms with Crippen LogP contribution in [0.2, 0.25) is 0 Å². The smallest absolute Gasteiger partial charge is 0.305 e. The van der Waals surface area contributed by atoms with E-state index in [0.717, 1.165) is 19.3 Å². The Morgan fingerprint density at radius 1 is 1.24 bits per heavy atom. The largest absolute Gasteiger partial charge is 0.469 e. The Hall–Kier alpha value is -0.580. The molecule has 4 saturated carbocycles. The lowest BCUT2D eigenvalue weighted by Gasteiger charge is -2.59. The summed E-state index contributed by atoms with van der Waals surface area (Å²) in [5.74, 6) is 1.43. The monoisotopic (exact) mass is 357 g/mol. The predicted molar refractivity (Wildman–Crippen MR) is 83.0 cm³/mol. The van der Waals surface area contributed by atoms with Crippen LogP contribution in [0.4, 0.5) is 0 Å². The molecule has 4 nitrogen and oxygen atoms in total. The Bertz CT molecular complexity index is 437. The first-order valence-corrected chi connectivity index (χ1v) is 8.78. The van der Waals surface area contributed by atoms with Crippen molar-refractivity contribution >= 4 is 27.8 Å². The number of esters is 1. The van der Waals surface area contributed by atoms with Crippen LogP contribution in [0.1, 0.15) is 51.4 Å². The van der Waals surface area contributed by atoms with Gasteiger partial charge in [-0.05, 0) is 56.8 Å². The zero-order valence-corrected chi connectivity index (χ0v) is 14.2. The molecule has 1 amide bonds. The molecule has 4 aliphatic carbocycles. The summed E-state index contributed by atoms with van der Waals surface area (Å²) in [6, 6.07) is 0. The van der Waals surface area contributed by atoms with Crippen LogP contribution in [-0.2, 0) is 14.3 Å². The highest BCUT2D eigenvalue weighted by Gasteiger charge is 2.59. The minimum Gasteiger partial charge on any atom is -0.469 e. The number of halogens is 1. The van der Waals surface area contributed by atoms with Gasteiger partial charge in [0, 0.05) is 17.3 Å². The topological polar surface area (TPSA) is 55.4 Å². The van der Waals surface area contributed by atoms with Crippen LogP contribution < -0.4 is 5.32 Å². The number of hydrogen-bond acceptors (Lipinski definition) is 3. The molecule has 0 radical (unpaired) electrons. The average Bonchev–Trinajstić information content (AvgIpc) is 2.40. The van der Waals surface area contributed by atoms with Gasteiger partial charge in [-0.2, -0.15) is 0 Å². The Morgan fingerprint density at radius 3 is 2.48 bits per heavy atom. The second-order valence-corrected chi connectivity index (χ2v) is 9.01. The first-order chi connectivity index (χ1) is 9.95. The van der Waals surface area contributed by atoms with Gasteiger partial charge in [-0.1, -0.05) is 15.9 Å². The van der Waals surface area contributed by atoms with Crippen LogP contribution in [0.25, 0.3) is 0 Å². The fourth-order valence-corrected chi connectivity index (χ4v) is 6.59. The standard InChI is InChI=1S/C16H24BrNO3/c1-21-13(19)3-2-4-18-14(20)15-6-11-5-12(7-15)9-16(17,8-11)10-15/h11-12H,2-10H2,1H3,(H,18,20). The lowest BCUT2D eigenvalue weighted by atomic mass is 9.49. The maximum Gasteiger partial charge on any atom is 0.305 e. The number of rotatable bonds is 5. The van der Waals surface area contributed by atoms with Crippen molar-refractivity contribution in [3.8, 4) is 0 Å². The van der Waals surface area contributed by atoms with Crippen molar-refractivity contribution in [1.82, 2.24) is 5.32 Å². The summed E-state index contributed by atoms with van der Waals surface area (Å²) in [5.41, 5.74) is -0.154. The Labute approximate surface area is 134 Å². The molecule has 1 N–H and O–H groups in total. The minimum atomic E-state index is -0.210. The molecular formula is C16H24BrNO3. The molecule has 4 bridgehead atoms. The van der Waals surface area contributed by atoms with Gasteiger partial charge in [0.25, 0.3) is 0 Å². The predicted octanol–water partition coefficient (Wildman–Crippen LogP) is 2.79. The fraction of sp³-hybridized carbons (Fsp3) is 0.875. The van der Waals surface area contributed by atoms with E-state index in [1.54, 1.807) is 0 Å². The first-order valence-electron chi connectivity index (χ1n) is 7.99. The van der Waals surface area contributed by atoms with Crippen molar-refractivity contribution in [2.24, 2.45) is 17.3 Å². The molecule has 0 aromatic heterocycles. The van der Waals surface area contributed by atoms with Crippen LogP contribution in [0, 0.1) is 17.3 Å². The highest BCUT2D eigenvalue weighted by molar-refractivity contribution is 9.10. The number of amides is 1. The average molecular weight is 358 g/mol. The lowest BCUT2D eigenvalue weighted by Crippen LogP contribution is -2.58. The van der Waals surface area contributed by atoms with E-state index in [1.807, 2.05) is 0 Å². The maximum absolute atomic E-state index is 12.7. The van der Waals surface area contributed by atoms with E-state index >= 15 is 0 Å².